The van der Waals surface area contributed by atoms with Crippen molar-refractivity contribution in [3.8, 4) is 11.5 Å². The van der Waals surface area contributed by atoms with Crippen LogP contribution in [0, 0.1) is 0 Å². The fourth-order valence-corrected chi connectivity index (χ4v) is 5.04. The molecule has 2 fully saturated rings. The van der Waals surface area contributed by atoms with E-state index in [1.54, 1.807) is 32.0 Å². The van der Waals surface area contributed by atoms with Gasteiger partial charge in [-0.15, -0.1) is 11.8 Å². The van der Waals surface area contributed by atoms with Crippen LogP contribution in [0.1, 0.15) is 24.2 Å². The summed E-state index contributed by atoms with van der Waals surface area (Å²) < 4.78 is 9.71. The van der Waals surface area contributed by atoms with Crippen molar-refractivity contribution in [1.82, 2.24) is 10.2 Å². The number of carbonyl (C=O) groups excluding carboxylic acids is 3. The molecule has 2 amide bonds. The number of rotatable bonds is 5. The maximum absolute atomic E-state index is 12.7. The summed E-state index contributed by atoms with van der Waals surface area (Å²) in [6.07, 6.45) is 0. The minimum Gasteiger partial charge on any atom is -0.548 e. The van der Waals surface area contributed by atoms with E-state index in [4.69, 9.17) is 9.47 Å². The fourth-order valence-electron chi connectivity index (χ4n) is 3.41. The van der Waals surface area contributed by atoms with Crippen LogP contribution in [-0.2, 0) is 9.59 Å². The van der Waals surface area contributed by atoms with Gasteiger partial charge in [0, 0.05) is 4.75 Å². The number of methoxy groups -OCH3 is 2. The van der Waals surface area contributed by atoms with Crippen LogP contribution in [0.5, 0.6) is 11.5 Å². The molecule has 0 aliphatic carbocycles. The Morgan fingerprint density at radius 1 is 1.21 bits per heavy atom. The first-order chi connectivity index (χ1) is 12.2. The summed E-state index contributed by atoms with van der Waals surface area (Å²) >= 11 is 1.33. The smallest absolute Gasteiger partial charge is 0.548 e. The molecule has 3 atom stereocenters. The number of β-lactam (4-membered cyclic amide) rings is 1. The first-order valence-electron chi connectivity index (χ1n) is 7.95. The zero-order valence-electron chi connectivity index (χ0n) is 16.3. The first kappa shape index (κ1) is 24.6. The number of hydrogen-bond acceptors (Lipinski definition) is 7. The number of ether oxygens (including phenoxy) is 2. The van der Waals surface area contributed by atoms with Gasteiger partial charge in [0.2, 0.25) is 5.91 Å². The molecule has 11 heteroatoms. The van der Waals surface area contributed by atoms with Crippen LogP contribution in [0.2, 0.25) is 0 Å². The van der Waals surface area contributed by atoms with E-state index in [2.05, 4.69) is 5.32 Å². The Hall–Kier alpha value is -1.46. The van der Waals surface area contributed by atoms with Crippen molar-refractivity contribution in [2.24, 2.45) is 0 Å². The normalized spacial score (nSPS) is 24.1. The van der Waals surface area contributed by atoms with E-state index in [1.807, 2.05) is 0 Å². The zero-order valence-corrected chi connectivity index (χ0v) is 19.1. The number of nitrogens with zero attached hydrogens (tertiary/aromatic N) is 1. The van der Waals surface area contributed by atoms with Gasteiger partial charge in [0.15, 0.2) is 0 Å². The predicted octanol–water partition coefficient (Wildman–Crippen LogP) is -4.21. The summed E-state index contributed by atoms with van der Waals surface area (Å²) in [5.74, 6) is -1.62. The second kappa shape index (κ2) is 8.91. The monoisotopic (exact) mass is 420 g/mol. The summed E-state index contributed by atoms with van der Waals surface area (Å²) in [7, 11) is 2.86. The van der Waals surface area contributed by atoms with E-state index in [0.717, 1.165) is 0 Å². The van der Waals surface area contributed by atoms with Gasteiger partial charge in [-0.1, -0.05) is 6.07 Å². The number of hydrogen-bond donors (Lipinski definition) is 1. The Labute approximate surface area is 188 Å². The number of aliphatic carboxylic acids is 1. The van der Waals surface area contributed by atoms with Crippen molar-refractivity contribution in [3.05, 3.63) is 23.8 Å². The quantitative estimate of drug-likeness (QED) is 0.376. The van der Waals surface area contributed by atoms with Gasteiger partial charge in [-0.3, -0.25) is 9.59 Å². The van der Waals surface area contributed by atoms with E-state index >= 15 is 0 Å². The summed E-state index contributed by atoms with van der Waals surface area (Å²) in [5.41, 5.74) is 0.183. The minimum absolute atomic E-state index is 0. The average Bonchev–Trinajstić information content (AvgIpc) is 2.86. The summed E-state index contributed by atoms with van der Waals surface area (Å²) in [6.45, 7) is 3.48. The largest absolute Gasteiger partial charge is 1.00 e. The number of carbonyl (C=O) groups is 3. The molecule has 28 heavy (non-hydrogen) atoms. The van der Waals surface area contributed by atoms with Crippen molar-refractivity contribution in [3.63, 3.8) is 0 Å². The number of fused-ring (bicyclic) bond motifs is 1. The summed E-state index contributed by atoms with van der Waals surface area (Å²) in [4.78, 5) is 37.9. The van der Waals surface area contributed by atoms with Gasteiger partial charge in [-0.05, 0) is 26.0 Å². The van der Waals surface area contributed by atoms with Crippen molar-refractivity contribution < 1.29 is 64.0 Å². The molecule has 0 radical (unpaired) electrons. The topological polar surface area (TPSA) is 140 Å². The number of benzene rings is 1. The third-order valence-electron chi connectivity index (χ3n) is 4.61. The van der Waals surface area contributed by atoms with Crippen LogP contribution in [-0.4, -0.2) is 64.6 Å². The van der Waals surface area contributed by atoms with E-state index in [1.165, 1.54) is 30.9 Å². The van der Waals surface area contributed by atoms with Crippen molar-refractivity contribution in [1.29, 1.82) is 0 Å². The van der Waals surface area contributed by atoms with Crippen LogP contribution >= 0.6 is 11.8 Å². The molecule has 148 valence electrons. The van der Waals surface area contributed by atoms with E-state index in [0.29, 0.717) is 11.5 Å². The molecule has 2 aliphatic rings. The van der Waals surface area contributed by atoms with Gasteiger partial charge in [-0.25, -0.2) is 0 Å². The molecule has 0 aromatic heterocycles. The van der Waals surface area contributed by atoms with Crippen LogP contribution in [0.3, 0.4) is 0 Å². The standard InChI is InChI=1S/C17H20N2O6S.Na.H2O/c1-17(2)12(16(22)23)19-14(21)11(15(19)26-17)18-13(20)10-8(24-3)6-5-7-9(10)25-4;;/h5-7,11-12,15H,1-4H3,(H,18,20)(H,22,23);;1H2/q;+1;/p-1/t11-,12+,15-;;/m1../s1. The maximum Gasteiger partial charge on any atom is 1.00 e. The Balaban J connectivity index is 0.00000196. The fraction of sp³-hybridized carbons (Fsp3) is 0.471. The molecule has 3 rings (SSSR count). The minimum atomic E-state index is -1.30. The van der Waals surface area contributed by atoms with E-state index in [-0.39, 0.29) is 40.6 Å². The number of thioether (sulfide) groups is 1. The van der Waals surface area contributed by atoms with E-state index in [9.17, 15) is 19.5 Å². The molecule has 1 aromatic rings. The Bertz CT molecular complexity index is 767. The second-order valence-corrected chi connectivity index (χ2v) is 8.34. The van der Waals surface area contributed by atoms with Crippen molar-refractivity contribution in [2.75, 3.05) is 14.2 Å². The number of carboxylic acids is 1. The SMILES string of the molecule is COc1cccc(OC)c1C(=O)N[C@@H]1C(=O)N2[C@@H]1SC(C)(C)[C@@H]2C(=O)[O-].O.[Na+]. The summed E-state index contributed by atoms with van der Waals surface area (Å²) in [5, 5.41) is 13.7. The zero-order chi connectivity index (χ0) is 19.2. The van der Waals surface area contributed by atoms with Gasteiger partial charge < -0.3 is 35.1 Å². The van der Waals surface area contributed by atoms with Crippen LogP contribution in [0.4, 0.5) is 0 Å². The molecule has 1 aromatic carbocycles. The number of nitrogens with one attached hydrogen (secondary N) is 1. The van der Waals surface area contributed by atoms with Gasteiger partial charge in [-0.2, -0.15) is 0 Å². The Kier molecular flexibility index (Phi) is 7.82. The number of carboxylic acid groups (broad SMARTS) is 1. The van der Waals surface area contributed by atoms with Gasteiger partial charge in [0.25, 0.3) is 5.91 Å². The summed E-state index contributed by atoms with van der Waals surface area (Å²) in [6, 6.07) is 3.08. The second-order valence-electron chi connectivity index (χ2n) is 6.57. The maximum atomic E-state index is 12.7. The van der Waals surface area contributed by atoms with Gasteiger partial charge in [0.1, 0.15) is 28.5 Å². The Morgan fingerprint density at radius 3 is 2.21 bits per heavy atom. The molecule has 2 aliphatic heterocycles. The van der Waals surface area contributed by atoms with Crippen LogP contribution in [0.15, 0.2) is 18.2 Å². The van der Waals surface area contributed by atoms with Crippen LogP contribution in [0.25, 0.3) is 0 Å². The average molecular weight is 420 g/mol. The third-order valence-corrected chi connectivity index (χ3v) is 6.18. The van der Waals surface area contributed by atoms with E-state index < -0.39 is 40.0 Å². The van der Waals surface area contributed by atoms with Gasteiger partial charge >= 0.3 is 29.6 Å². The molecule has 0 unspecified atom stereocenters. The molecule has 9 nitrogen and oxygen atoms in total. The molecule has 3 N–H and O–H groups in total. The Morgan fingerprint density at radius 2 is 1.75 bits per heavy atom. The molecule has 2 saturated heterocycles. The number of amides is 2. The van der Waals surface area contributed by atoms with Crippen LogP contribution < -0.4 is 49.5 Å². The predicted molar refractivity (Wildman–Crippen MR) is 95.5 cm³/mol. The molecule has 0 spiro atoms. The molecular weight excluding hydrogens is 399 g/mol. The molecule has 2 heterocycles. The van der Waals surface area contributed by atoms with Gasteiger partial charge in [0.05, 0.1) is 26.2 Å². The molecular formula is C17H21N2NaO7S. The molecule has 0 bridgehead atoms. The first-order valence-corrected chi connectivity index (χ1v) is 8.83. The third kappa shape index (κ3) is 3.84. The van der Waals surface area contributed by atoms with Crippen molar-refractivity contribution >= 4 is 29.5 Å². The van der Waals surface area contributed by atoms with Crippen molar-refractivity contribution in [2.45, 2.75) is 36.1 Å². The molecule has 0 saturated carbocycles.